The molecule has 0 spiro atoms. The number of hydrogen-bond acceptors (Lipinski definition) is 5. The van der Waals surface area contributed by atoms with Crippen LogP contribution in [0, 0.1) is 11.3 Å². The molecule has 0 saturated heterocycles. The van der Waals surface area contributed by atoms with Crippen LogP contribution in [0.5, 0.6) is 0 Å². The van der Waals surface area contributed by atoms with Crippen LogP contribution >= 0.6 is 0 Å². The number of hydrogen-bond donors (Lipinski definition) is 2. The number of nitriles is 1. The van der Waals surface area contributed by atoms with Crippen molar-refractivity contribution in [1.29, 1.82) is 5.26 Å². The molecule has 0 saturated carbocycles. The molecule has 0 aromatic carbocycles. The third kappa shape index (κ3) is 2.57. The van der Waals surface area contributed by atoms with E-state index in [1.54, 1.807) is 38.8 Å². The second kappa shape index (κ2) is 5.37. The molecule has 6 nitrogen and oxygen atoms in total. The van der Waals surface area contributed by atoms with E-state index in [9.17, 15) is 5.26 Å². The van der Waals surface area contributed by atoms with Crippen LogP contribution in [0.15, 0.2) is 11.1 Å². The van der Waals surface area contributed by atoms with E-state index in [2.05, 4.69) is 16.4 Å². The Bertz CT molecular complexity index is 512. The lowest BCUT2D eigenvalue weighted by Crippen LogP contribution is -2.27. The van der Waals surface area contributed by atoms with E-state index in [1.807, 2.05) is 0 Å². The highest BCUT2D eigenvalue weighted by atomic mass is 16.5. The number of ether oxygens (including phenoxy) is 1. The molecule has 0 amide bonds. The van der Waals surface area contributed by atoms with Crippen molar-refractivity contribution in [2.45, 2.75) is 13.2 Å². The lowest BCUT2D eigenvalue weighted by atomic mass is 10.2. The molecule has 92 valence electrons. The fourth-order valence-electron chi connectivity index (χ4n) is 1.41. The molecule has 0 radical (unpaired) electrons. The molecule has 0 bridgehead atoms. The van der Waals surface area contributed by atoms with Crippen LogP contribution in [0.1, 0.15) is 12.5 Å². The third-order valence-corrected chi connectivity index (χ3v) is 2.52. The Kier molecular flexibility index (Phi) is 4.12. The van der Waals surface area contributed by atoms with E-state index >= 15 is 0 Å². The minimum Gasteiger partial charge on any atom is -0.387 e. The summed E-state index contributed by atoms with van der Waals surface area (Å²) in [4.78, 5) is 4.32. The summed E-state index contributed by atoms with van der Waals surface area (Å²) in [5.74, 6) is 0.524. The van der Waals surface area contributed by atoms with Gasteiger partial charge >= 0.3 is 0 Å². The molecule has 0 aliphatic carbocycles. The van der Waals surface area contributed by atoms with Gasteiger partial charge in [0.1, 0.15) is 23.7 Å². The molecule has 1 rings (SSSR count). The number of anilines is 2. The second-order valence-electron chi connectivity index (χ2n) is 3.57. The smallest absolute Gasteiger partial charge is 0.151 e. The van der Waals surface area contributed by atoms with Crippen LogP contribution in [0.4, 0.5) is 11.5 Å². The first kappa shape index (κ1) is 13.1. The standard InChI is InChI=1S/C11H17N5O/c1-7(17-4)15-11-8(6-12)9(14-2)5-10(13)16(11)3/h5,7,14H,13H2,1-4H3. The van der Waals surface area contributed by atoms with Crippen LogP contribution < -0.4 is 16.5 Å². The predicted molar refractivity (Wildman–Crippen MR) is 66.1 cm³/mol. The highest BCUT2D eigenvalue weighted by molar-refractivity contribution is 5.60. The molecule has 6 heteroatoms. The maximum Gasteiger partial charge on any atom is 0.151 e. The minimum atomic E-state index is -0.334. The predicted octanol–water partition coefficient (Wildman–Crippen LogP) is 0.414. The van der Waals surface area contributed by atoms with Crippen LogP contribution in [-0.4, -0.2) is 25.0 Å². The molecular weight excluding hydrogens is 218 g/mol. The van der Waals surface area contributed by atoms with Gasteiger partial charge in [-0.3, -0.25) is 0 Å². The van der Waals surface area contributed by atoms with E-state index in [1.165, 1.54) is 0 Å². The largest absolute Gasteiger partial charge is 0.387 e. The van der Waals surface area contributed by atoms with Crippen molar-refractivity contribution in [3.8, 4) is 6.07 Å². The summed E-state index contributed by atoms with van der Waals surface area (Å²) in [6, 6.07) is 3.83. The van der Waals surface area contributed by atoms with E-state index in [4.69, 9.17) is 10.5 Å². The maximum absolute atomic E-state index is 9.19. The van der Waals surface area contributed by atoms with Gasteiger partial charge in [0.05, 0.1) is 5.69 Å². The average Bonchev–Trinajstić information content (AvgIpc) is 2.34. The normalized spacial score (nSPS) is 13.2. The molecule has 1 aromatic heterocycles. The first-order valence-electron chi connectivity index (χ1n) is 5.19. The molecule has 3 N–H and O–H groups in total. The Morgan fingerprint density at radius 1 is 1.65 bits per heavy atom. The number of nitrogens with one attached hydrogen (secondary N) is 1. The second-order valence-corrected chi connectivity index (χ2v) is 3.57. The summed E-state index contributed by atoms with van der Waals surface area (Å²) in [5, 5.41) is 12.1. The van der Waals surface area contributed by atoms with Crippen molar-refractivity contribution < 1.29 is 4.74 Å². The lowest BCUT2D eigenvalue weighted by molar-refractivity contribution is 0.122. The SMILES string of the molecule is CNc1cc(N)n(C)c(=NC(C)OC)c1C#N. The zero-order valence-corrected chi connectivity index (χ0v) is 10.5. The third-order valence-electron chi connectivity index (χ3n) is 2.52. The Balaban J connectivity index is 3.62. The summed E-state index contributed by atoms with van der Waals surface area (Å²) >= 11 is 0. The first-order chi connectivity index (χ1) is 8.04. The zero-order chi connectivity index (χ0) is 13.0. The van der Waals surface area contributed by atoms with Gasteiger partial charge in [-0.25, -0.2) is 4.99 Å². The van der Waals surface area contributed by atoms with Gasteiger partial charge < -0.3 is 20.4 Å². The highest BCUT2D eigenvalue weighted by Gasteiger charge is 2.09. The first-order valence-corrected chi connectivity index (χ1v) is 5.19. The number of aromatic nitrogens is 1. The van der Waals surface area contributed by atoms with Crippen molar-refractivity contribution in [2.75, 3.05) is 25.2 Å². The number of nitrogen functional groups attached to an aromatic ring is 1. The number of nitrogens with zero attached hydrogens (tertiary/aromatic N) is 3. The number of nitrogens with two attached hydrogens (primary N) is 1. The Labute approximate surface area is 100 Å². The molecule has 1 unspecified atom stereocenters. The Hall–Kier alpha value is -2.00. The summed E-state index contributed by atoms with van der Waals surface area (Å²) in [6.07, 6.45) is -0.334. The maximum atomic E-state index is 9.19. The van der Waals surface area contributed by atoms with E-state index in [-0.39, 0.29) is 6.23 Å². The van der Waals surface area contributed by atoms with Crippen LogP contribution in [0.3, 0.4) is 0 Å². The summed E-state index contributed by atoms with van der Waals surface area (Å²) in [5.41, 5.74) is 7.47. The number of pyridine rings is 1. The molecule has 1 heterocycles. The lowest BCUT2D eigenvalue weighted by Gasteiger charge is -2.12. The van der Waals surface area contributed by atoms with Gasteiger partial charge in [0, 0.05) is 27.3 Å². The minimum absolute atomic E-state index is 0.334. The molecule has 17 heavy (non-hydrogen) atoms. The van der Waals surface area contributed by atoms with E-state index in [0.29, 0.717) is 22.6 Å². The van der Waals surface area contributed by atoms with Crippen LogP contribution in [0.25, 0.3) is 0 Å². The Morgan fingerprint density at radius 2 is 2.29 bits per heavy atom. The van der Waals surface area contributed by atoms with Crippen LogP contribution in [-0.2, 0) is 11.8 Å². The van der Waals surface area contributed by atoms with Crippen molar-refractivity contribution >= 4 is 11.5 Å². The number of rotatable bonds is 3. The van der Waals surface area contributed by atoms with Crippen LogP contribution in [0.2, 0.25) is 0 Å². The average molecular weight is 235 g/mol. The molecule has 0 aliphatic rings. The summed E-state index contributed by atoms with van der Waals surface area (Å²) < 4.78 is 6.73. The highest BCUT2D eigenvalue weighted by Crippen LogP contribution is 2.13. The summed E-state index contributed by atoms with van der Waals surface area (Å²) in [6.45, 7) is 1.80. The van der Waals surface area contributed by atoms with Gasteiger partial charge in [0.15, 0.2) is 5.49 Å². The quantitative estimate of drug-likeness (QED) is 0.794. The van der Waals surface area contributed by atoms with Gasteiger partial charge in [0.2, 0.25) is 0 Å². The zero-order valence-electron chi connectivity index (χ0n) is 10.5. The monoisotopic (exact) mass is 235 g/mol. The number of methoxy groups -OCH3 is 1. The van der Waals surface area contributed by atoms with Crippen molar-refractivity contribution in [3.05, 3.63) is 17.1 Å². The van der Waals surface area contributed by atoms with E-state index in [0.717, 1.165) is 0 Å². The molecule has 1 aromatic rings. The van der Waals surface area contributed by atoms with Gasteiger partial charge in [-0.05, 0) is 6.92 Å². The fourth-order valence-corrected chi connectivity index (χ4v) is 1.41. The molecular formula is C11H17N5O. The van der Waals surface area contributed by atoms with Gasteiger partial charge in [-0.2, -0.15) is 5.26 Å². The molecule has 0 fully saturated rings. The summed E-state index contributed by atoms with van der Waals surface area (Å²) in [7, 11) is 5.06. The molecule has 0 aliphatic heterocycles. The fraction of sp³-hybridized carbons (Fsp3) is 0.455. The topological polar surface area (TPSA) is 88.4 Å². The van der Waals surface area contributed by atoms with Gasteiger partial charge in [-0.15, -0.1) is 0 Å². The van der Waals surface area contributed by atoms with Gasteiger partial charge in [0.25, 0.3) is 0 Å². The van der Waals surface area contributed by atoms with Crippen molar-refractivity contribution in [3.63, 3.8) is 0 Å². The molecule has 1 atom stereocenters. The Morgan fingerprint density at radius 3 is 2.76 bits per heavy atom. The van der Waals surface area contributed by atoms with E-state index < -0.39 is 0 Å². The van der Waals surface area contributed by atoms with Crippen molar-refractivity contribution in [2.24, 2.45) is 12.0 Å². The van der Waals surface area contributed by atoms with Crippen molar-refractivity contribution in [1.82, 2.24) is 4.57 Å². The van der Waals surface area contributed by atoms with Gasteiger partial charge in [-0.1, -0.05) is 0 Å².